The number of nitrogens with one attached hydrogen (secondary N) is 1. The molecule has 0 amide bonds. The SMILES string of the molecule is COc1ccccc1Oc1c(NS(=O)(=O)c2ccc(C(C)(C)C)cc2)nc(OC(=O)O)nc1OCCO. The van der Waals surface area contributed by atoms with Gasteiger partial charge in [0.2, 0.25) is 5.75 Å². The van der Waals surface area contributed by atoms with Crippen molar-refractivity contribution in [2.45, 2.75) is 31.1 Å². The lowest BCUT2D eigenvalue weighted by molar-refractivity contribution is 0.139. The minimum absolute atomic E-state index is 0.0825. The van der Waals surface area contributed by atoms with E-state index in [0.29, 0.717) is 5.75 Å². The van der Waals surface area contributed by atoms with Crippen molar-refractivity contribution in [2.75, 3.05) is 25.0 Å². The number of nitrogens with zero attached hydrogens (tertiary/aromatic N) is 2. The van der Waals surface area contributed by atoms with E-state index in [4.69, 9.17) is 19.3 Å². The minimum atomic E-state index is -4.25. The average Bonchev–Trinajstić information content (AvgIpc) is 2.83. The van der Waals surface area contributed by atoms with Crippen molar-refractivity contribution in [3.63, 3.8) is 0 Å². The van der Waals surface area contributed by atoms with Crippen LogP contribution in [0, 0.1) is 0 Å². The molecule has 0 unspecified atom stereocenters. The maximum absolute atomic E-state index is 13.3. The number of hydrogen-bond donors (Lipinski definition) is 3. The van der Waals surface area contributed by atoms with E-state index in [1.54, 1.807) is 36.4 Å². The van der Waals surface area contributed by atoms with Crippen molar-refractivity contribution in [1.82, 2.24) is 9.97 Å². The number of para-hydroxylation sites is 2. The molecule has 0 atom stereocenters. The van der Waals surface area contributed by atoms with Gasteiger partial charge in [-0.15, -0.1) is 0 Å². The van der Waals surface area contributed by atoms with Gasteiger partial charge in [-0.05, 0) is 35.2 Å². The molecule has 2 aromatic carbocycles. The molecule has 0 spiro atoms. The highest BCUT2D eigenvalue weighted by Crippen LogP contribution is 2.41. The number of hydrogen-bond acceptors (Lipinski definition) is 10. The molecule has 1 heterocycles. The summed E-state index contributed by atoms with van der Waals surface area (Å²) in [5.74, 6) is -0.708. The smallest absolute Gasteiger partial charge is 0.493 e. The van der Waals surface area contributed by atoms with Gasteiger partial charge in [0.25, 0.3) is 15.9 Å². The van der Waals surface area contributed by atoms with Gasteiger partial charge in [0.15, 0.2) is 17.3 Å². The highest BCUT2D eigenvalue weighted by molar-refractivity contribution is 7.92. The van der Waals surface area contributed by atoms with Crippen LogP contribution in [0.3, 0.4) is 0 Å². The fourth-order valence-electron chi connectivity index (χ4n) is 3.07. The molecule has 13 heteroatoms. The summed E-state index contributed by atoms with van der Waals surface area (Å²) in [4.78, 5) is 18.8. The molecule has 12 nitrogen and oxygen atoms in total. The molecule has 0 saturated carbocycles. The molecule has 3 rings (SSSR count). The first-order valence-corrected chi connectivity index (χ1v) is 12.4. The van der Waals surface area contributed by atoms with Gasteiger partial charge in [0, 0.05) is 0 Å². The van der Waals surface area contributed by atoms with E-state index in [1.807, 2.05) is 20.8 Å². The lowest BCUT2D eigenvalue weighted by Gasteiger charge is -2.19. The Bertz CT molecular complexity index is 1350. The Morgan fingerprint density at radius 2 is 1.68 bits per heavy atom. The summed E-state index contributed by atoms with van der Waals surface area (Å²) in [5, 5.41) is 18.3. The molecule has 3 N–H and O–H groups in total. The lowest BCUT2D eigenvalue weighted by atomic mass is 9.87. The van der Waals surface area contributed by atoms with E-state index in [1.165, 1.54) is 19.2 Å². The van der Waals surface area contributed by atoms with Gasteiger partial charge in [-0.3, -0.25) is 4.72 Å². The molecule has 37 heavy (non-hydrogen) atoms. The Hall–Kier alpha value is -4.10. The van der Waals surface area contributed by atoms with Crippen LogP contribution in [0.25, 0.3) is 0 Å². The third-order valence-corrected chi connectivity index (χ3v) is 6.22. The summed E-state index contributed by atoms with van der Waals surface area (Å²) in [5.41, 5.74) is 0.727. The predicted octanol–water partition coefficient (Wildman–Crippen LogP) is 3.80. The molecule has 0 fully saturated rings. The van der Waals surface area contributed by atoms with Crippen LogP contribution in [-0.4, -0.2) is 55.1 Å². The van der Waals surface area contributed by atoms with Crippen LogP contribution >= 0.6 is 0 Å². The first-order valence-electron chi connectivity index (χ1n) is 11.0. The second-order valence-corrected chi connectivity index (χ2v) is 10.2. The van der Waals surface area contributed by atoms with E-state index in [9.17, 15) is 18.3 Å². The zero-order chi connectivity index (χ0) is 27.2. The number of aliphatic hydroxyl groups is 1. The molecule has 0 bridgehead atoms. The third-order valence-electron chi connectivity index (χ3n) is 4.87. The van der Waals surface area contributed by atoms with Crippen molar-refractivity contribution >= 4 is 22.0 Å². The van der Waals surface area contributed by atoms with Gasteiger partial charge in [0.05, 0.1) is 18.6 Å². The summed E-state index contributed by atoms with van der Waals surface area (Å²) < 4.78 is 49.9. The Morgan fingerprint density at radius 3 is 2.24 bits per heavy atom. The quantitative estimate of drug-likeness (QED) is 0.324. The van der Waals surface area contributed by atoms with Crippen LogP contribution in [0.4, 0.5) is 10.6 Å². The summed E-state index contributed by atoms with van der Waals surface area (Å²) in [6, 6.07) is 12.0. The Morgan fingerprint density at radius 1 is 1.03 bits per heavy atom. The third kappa shape index (κ3) is 6.98. The monoisotopic (exact) mass is 533 g/mol. The van der Waals surface area contributed by atoms with Gasteiger partial charge in [-0.1, -0.05) is 45.0 Å². The molecule has 198 valence electrons. The number of methoxy groups -OCH3 is 1. The molecule has 0 radical (unpaired) electrons. The van der Waals surface area contributed by atoms with Gasteiger partial charge in [0.1, 0.15) is 6.61 Å². The van der Waals surface area contributed by atoms with Gasteiger partial charge in [-0.2, -0.15) is 9.97 Å². The largest absolute Gasteiger partial charge is 0.513 e. The van der Waals surface area contributed by atoms with Crippen molar-refractivity contribution in [3.05, 3.63) is 54.1 Å². The topological polar surface area (TPSA) is 166 Å². The lowest BCUT2D eigenvalue weighted by Crippen LogP contribution is -2.18. The standard InChI is InChI=1S/C24H27N3O9S/c1-24(2,3)15-9-11-16(12-10-15)37(31,32)27-20-19(35-18-8-6-5-7-17(18)33-4)21(34-14-13-28)26-22(25-20)36-23(29)30/h5-12,28H,13-14H2,1-4H3,(H,29,30)(H,25,26,27). The number of aromatic nitrogens is 2. The minimum Gasteiger partial charge on any atom is -0.493 e. The van der Waals surface area contributed by atoms with Gasteiger partial charge >= 0.3 is 12.2 Å². The molecule has 1 aromatic heterocycles. The normalized spacial score (nSPS) is 11.5. The van der Waals surface area contributed by atoms with E-state index < -0.39 is 34.6 Å². The molecule has 0 saturated heterocycles. The number of ether oxygens (including phenoxy) is 4. The first kappa shape index (κ1) is 27.5. The number of carbonyl (C=O) groups is 1. The highest BCUT2D eigenvalue weighted by atomic mass is 32.2. The van der Waals surface area contributed by atoms with Crippen LogP contribution in [0.2, 0.25) is 0 Å². The number of carboxylic acid groups (broad SMARTS) is 1. The maximum Gasteiger partial charge on any atom is 0.513 e. The highest BCUT2D eigenvalue weighted by Gasteiger charge is 2.26. The zero-order valence-corrected chi connectivity index (χ0v) is 21.4. The van der Waals surface area contributed by atoms with Crippen LogP contribution in [0.5, 0.6) is 29.1 Å². The van der Waals surface area contributed by atoms with Crippen molar-refractivity contribution < 1.29 is 42.4 Å². The van der Waals surface area contributed by atoms with E-state index in [-0.39, 0.29) is 34.3 Å². The molecular weight excluding hydrogens is 506 g/mol. The number of aliphatic hydroxyl groups excluding tert-OH is 1. The summed E-state index contributed by atoms with van der Waals surface area (Å²) in [6.45, 7) is 5.29. The molecule has 0 aliphatic heterocycles. The molecule has 3 aromatic rings. The summed E-state index contributed by atoms with van der Waals surface area (Å²) >= 11 is 0. The molecular formula is C24H27N3O9S. The van der Waals surface area contributed by atoms with E-state index in [0.717, 1.165) is 5.56 Å². The fourth-order valence-corrected chi connectivity index (χ4v) is 4.07. The van der Waals surface area contributed by atoms with Gasteiger partial charge in [-0.25, -0.2) is 13.2 Å². The zero-order valence-electron chi connectivity index (χ0n) is 20.6. The van der Waals surface area contributed by atoms with E-state index in [2.05, 4.69) is 19.4 Å². The van der Waals surface area contributed by atoms with Crippen molar-refractivity contribution in [1.29, 1.82) is 0 Å². The second kappa shape index (κ2) is 11.3. The second-order valence-electron chi connectivity index (χ2n) is 8.56. The van der Waals surface area contributed by atoms with Crippen molar-refractivity contribution in [3.8, 4) is 29.1 Å². The fraction of sp³-hybridized carbons (Fsp3) is 0.292. The van der Waals surface area contributed by atoms with Gasteiger partial charge < -0.3 is 29.2 Å². The number of benzene rings is 2. The Kier molecular flexibility index (Phi) is 8.40. The number of rotatable bonds is 10. The maximum atomic E-state index is 13.3. The summed E-state index contributed by atoms with van der Waals surface area (Å²) in [6.07, 6.45) is -1.74. The molecule has 0 aliphatic carbocycles. The Labute approximate surface area is 213 Å². The van der Waals surface area contributed by atoms with Crippen LogP contribution < -0.4 is 23.7 Å². The van der Waals surface area contributed by atoms with Crippen LogP contribution in [-0.2, 0) is 15.4 Å². The van der Waals surface area contributed by atoms with Crippen LogP contribution in [0.15, 0.2) is 53.4 Å². The number of anilines is 1. The number of sulfonamides is 1. The predicted molar refractivity (Wildman–Crippen MR) is 132 cm³/mol. The average molecular weight is 534 g/mol. The van der Waals surface area contributed by atoms with Crippen molar-refractivity contribution in [2.24, 2.45) is 0 Å². The van der Waals surface area contributed by atoms with E-state index >= 15 is 0 Å². The first-order chi connectivity index (χ1) is 17.4. The van der Waals surface area contributed by atoms with Crippen LogP contribution in [0.1, 0.15) is 26.3 Å². The molecule has 0 aliphatic rings. The Balaban J connectivity index is 2.12. The summed E-state index contributed by atoms with van der Waals surface area (Å²) in [7, 11) is -2.83.